The Bertz CT molecular complexity index is 103. The third-order valence-electron chi connectivity index (χ3n) is 0.989. The molecule has 3 heteroatoms. The largest absolute Gasteiger partial charge is 0.391 e. The quantitative estimate of drug-likeness (QED) is 0.698. The highest BCUT2D eigenvalue weighted by Gasteiger charge is 2.12. The summed E-state index contributed by atoms with van der Waals surface area (Å²) in [6, 6.07) is -0.713. The number of carbonyl (C=O) groups is 1. The number of aliphatic hydroxyl groups is 1. The molecule has 2 unspecified atom stereocenters. The third-order valence-corrected chi connectivity index (χ3v) is 0.989. The van der Waals surface area contributed by atoms with Crippen molar-refractivity contribution in [1.29, 1.82) is 0 Å². The predicted molar refractivity (Wildman–Crippen MR) is 57.7 cm³/mol. The molecule has 0 bridgehead atoms. The van der Waals surface area contributed by atoms with Crippen LogP contribution in [0.4, 0.5) is 0 Å². The van der Waals surface area contributed by atoms with Gasteiger partial charge in [-0.2, -0.15) is 0 Å². The van der Waals surface area contributed by atoms with Crippen LogP contribution >= 0.6 is 0 Å². The minimum absolute atomic E-state index is 0.181. The molecule has 0 aliphatic rings. The summed E-state index contributed by atoms with van der Waals surface area (Å²) < 4.78 is 0. The summed E-state index contributed by atoms with van der Waals surface area (Å²) >= 11 is 0. The van der Waals surface area contributed by atoms with Crippen LogP contribution in [-0.2, 0) is 4.79 Å². The van der Waals surface area contributed by atoms with Gasteiger partial charge in [-0.1, -0.05) is 34.1 Å². The van der Waals surface area contributed by atoms with Crippen molar-refractivity contribution in [2.45, 2.75) is 60.1 Å². The predicted octanol–water partition coefficient (Wildman–Crippen LogP) is 1.73. The van der Waals surface area contributed by atoms with Crippen LogP contribution in [0.15, 0.2) is 0 Å². The summed E-state index contributed by atoms with van der Waals surface area (Å²) in [5, 5.41) is 8.65. The van der Waals surface area contributed by atoms with Gasteiger partial charge in [0.1, 0.15) is 5.78 Å². The molecule has 0 rings (SSSR count). The molecule has 82 valence electrons. The maximum absolute atomic E-state index is 10.3. The van der Waals surface area contributed by atoms with E-state index in [0.29, 0.717) is 0 Å². The van der Waals surface area contributed by atoms with Gasteiger partial charge < -0.3 is 10.8 Å². The maximum atomic E-state index is 10.3. The molecule has 0 saturated heterocycles. The number of aliphatic hydroxyl groups excluding tert-OH is 1. The number of ketones is 1. The minimum atomic E-state index is -0.729. The molecular weight excluding hydrogens is 166 g/mol. The molecule has 0 aliphatic carbocycles. The molecule has 13 heavy (non-hydrogen) atoms. The smallest absolute Gasteiger partial charge is 0.149 e. The number of nitrogens with two attached hydrogens (primary N) is 1. The van der Waals surface area contributed by atoms with Crippen molar-refractivity contribution in [1.82, 2.24) is 0 Å². The molecule has 0 heterocycles. The molecule has 0 aromatic rings. The topological polar surface area (TPSA) is 63.3 Å². The van der Waals surface area contributed by atoms with E-state index in [1.807, 2.05) is 13.8 Å². The first-order valence-electron chi connectivity index (χ1n) is 4.91. The van der Waals surface area contributed by atoms with E-state index >= 15 is 0 Å². The monoisotopic (exact) mass is 191 g/mol. The van der Waals surface area contributed by atoms with Crippen LogP contribution in [-0.4, -0.2) is 23.0 Å². The average Bonchev–Trinajstić information content (AvgIpc) is 2.08. The van der Waals surface area contributed by atoms with Gasteiger partial charge >= 0.3 is 0 Å². The lowest BCUT2D eigenvalue weighted by atomic mass is 10.1. The number of Topliss-reactive ketones (excluding diaryl/α,β-unsaturated/α-hetero) is 1. The third kappa shape index (κ3) is 18.5. The molecule has 2 atom stereocenters. The van der Waals surface area contributed by atoms with Crippen molar-refractivity contribution in [3.63, 3.8) is 0 Å². The van der Waals surface area contributed by atoms with Crippen molar-refractivity contribution in [2.24, 2.45) is 5.73 Å². The zero-order valence-electron chi connectivity index (χ0n) is 9.79. The first kappa shape index (κ1) is 18.4. The molecule has 0 spiro atoms. The second kappa shape index (κ2) is 14.1. The molecule has 0 aromatic carbocycles. The first-order valence-corrected chi connectivity index (χ1v) is 4.91. The normalized spacial score (nSPS) is 12.6. The van der Waals surface area contributed by atoms with E-state index in [0.717, 1.165) is 0 Å². The molecule has 0 aromatic heterocycles. The summed E-state index contributed by atoms with van der Waals surface area (Å²) in [5.41, 5.74) is 5.16. The lowest BCUT2D eigenvalue weighted by Gasteiger charge is -2.08. The summed E-state index contributed by atoms with van der Waals surface area (Å²) in [6.07, 6.45) is 0.521. The fourth-order valence-electron chi connectivity index (χ4n) is 0.340. The maximum Gasteiger partial charge on any atom is 0.149 e. The highest BCUT2D eigenvalue weighted by molar-refractivity contribution is 5.81. The lowest BCUT2D eigenvalue weighted by molar-refractivity contribution is -0.120. The van der Waals surface area contributed by atoms with Crippen LogP contribution in [0.3, 0.4) is 0 Å². The molecule has 0 fully saturated rings. The zero-order chi connectivity index (χ0) is 11.4. The zero-order valence-corrected chi connectivity index (χ0v) is 9.79. The second-order valence-corrected chi connectivity index (χ2v) is 2.58. The van der Waals surface area contributed by atoms with Crippen LogP contribution in [0.5, 0.6) is 0 Å². The summed E-state index contributed by atoms with van der Waals surface area (Å²) in [5.74, 6) is -0.181. The number of hydrogen-bond donors (Lipinski definition) is 2. The van der Waals surface area contributed by atoms with E-state index in [-0.39, 0.29) is 5.78 Å². The molecule has 0 amide bonds. The molecule has 0 saturated carbocycles. The standard InChI is InChI=1S/C5H11NO2.C3H8.C2H6/c1-3(7)5(6)4(2)8;1-3-2;1-2/h3,5,7H,6H2,1-2H3;3H2,1-2H3;1-2H3. The van der Waals surface area contributed by atoms with Crippen LogP contribution in [0, 0.1) is 0 Å². The van der Waals surface area contributed by atoms with Crippen LogP contribution in [0.25, 0.3) is 0 Å². The van der Waals surface area contributed by atoms with E-state index < -0.39 is 12.1 Å². The van der Waals surface area contributed by atoms with Gasteiger partial charge in [-0.3, -0.25) is 4.79 Å². The van der Waals surface area contributed by atoms with Crippen LogP contribution in [0.2, 0.25) is 0 Å². The molecular formula is C10H25NO2. The highest BCUT2D eigenvalue weighted by atomic mass is 16.3. The van der Waals surface area contributed by atoms with Gasteiger partial charge in [-0.25, -0.2) is 0 Å². The summed E-state index contributed by atoms with van der Waals surface area (Å²) in [6.45, 7) is 11.1. The van der Waals surface area contributed by atoms with Gasteiger partial charge in [0.2, 0.25) is 0 Å². The van der Waals surface area contributed by atoms with Crippen LogP contribution < -0.4 is 5.73 Å². The van der Waals surface area contributed by atoms with E-state index in [1.165, 1.54) is 20.3 Å². The lowest BCUT2D eigenvalue weighted by Crippen LogP contribution is -2.38. The molecule has 0 aliphatic heterocycles. The summed E-state index contributed by atoms with van der Waals surface area (Å²) in [4.78, 5) is 10.3. The SMILES string of the molecule is CC.CC(=O)C(N)C(C)O.CCC. The fraction of sp³-hybridized carbons (Fsp3) is 0.900. The van der Waals surface area contributed by atoms with E-state index in [1.54, 1.807) is 0 Å². The Hall–Kier alpha value is -0.410. The first-order chi connectivity index (χ1) is 5.97. The fourth-order valence-corrected chi connectivity index (χ4v) is 0.340. The number of rotatable bonds is 2. The second-order valence-electron chi connectivity index (χ2n) is 2.58. The van der Waals surface area contributed by atoms with Crippen molar-refractivity contribution < 1.29 is 9.90 Å². The molecule has 3 N–H and O–H groups in total. The van der Waals surface area contributed by atoms with Gasteiger partial charge in [-0.05, 0) is 13.8 Å². The van der Waals surface area contributed by atoms with Gasteiger partial charge in [0.05, 0.1) is 12.1 Å². The van der Waals surface area contributed by atoms with Gasteiger partial charge in [-0.15, -0.1) is 0 Å². The number of carbonyl (C=O) groups excluding carboxylic acids is 1. The van der Waals surface area contributed by atoms with Gasteiger partial charge in [0, 0.05) is 0 Å². The Morgan fingerprint density at radius 3 is 1.62 bits per heavy atom. The van der Waals surface area contributed by atoms with Crippen molar-refractivity contribution in [3.05, 3.63) is 0 Å². The average molecular weight is 191 g/mol. The van der Waals surface area contributed by atoms with Crippen LogP contribution in [0.1, 0.15) is 48.0 Å². The Morgan fingerprint density at radius 1 is 1.38 bits per heavy atom. The van der Waals surface area contributed by atoms with Crippen molar-refractivity contribution >= 4 is 5.78 Å². The highest BCUT2D eigenvalue weighted by Crippen LogP contribution is 1.87. The van der Waals surface area contributed by atoms with E-state index in [4.69, 9.17) is 10.8 Å². The Kier molecular flexibility index (Phi) is 20.0. The van der Waals surface area contributed by atoms with E-state index in [9.17, 15) is 4.79 Å². The minimum Gasteiger partial charge on any atom is -0.391 e. The Labute approximate surface area is 82.3 Å². The van der Waals surface area contributed by atoms with Gasteiger partial charge in [0.15, 0.2) is 0 Å². The van der Waals surface area contributed by atoms with Gasteiger partial charge in [0.25, 0.3) is 0 Å². The van der Waals surface area contributed by atoms with Crippen molar-refractivity contribution in [3.8, 4) is 0 Å². The summed E-state index contributed by atoms with van der Waals surface area (Å²) in [7, 11) is 0. The Morgan fingerprint density at radius 2 is 1.62 bits per heavy atom. The number of hydrogen-bond acceptors (Lipinski definition) is 3. The molecule has 0 radical (unpaired) electrons. The Balaban J connectivity index is -0.000000169. The van der Waals surface area contributed by atoms with Crippen molar-refractivity contribution in [2.75, 3.05) is 0 Å². The van der Waals surface area contributed by atoms with E-state index in [2.05, 4.69) is 13.8 Å². The molecule has 3 nitrogen and oxygen atoms in total.